The van der Waals surface area contributed by atoms with Crippen molar-refractivity contribution in [3.05, 3.63) is 35.4 Å². The summed E-state index contributed by atoms with van der Waals surface area (Å²) < 4.78 is 0. The lowest BCUT2D eigenvalue weighted by Gasteiger charge is -1.98. The maximum atomic E-state index is 10.3. The maximum Gasteiger partial charge on any atom is 0.129 e. The number of carbonyl (C=O) groups excluding carboxylic acids is 1. The summed E-state index contributed by atoms with van der Waals surface area (Å²) in [7, 11) is 0. The second kappa shape index (κ2) is 17.9. The summed E-state index contributed by atoms with van der Waals surface area (Å²) in [5, 5.41) is 0. The molecule has 0 aliphatic carbocycles. The zero-order chi connectivity index (χ0) is 17.2. The number of unbranched alkanes of at least 4 members (excludes halogenated alkanes) is 3. The Labute approximate surface area is 138 Å². The van der Waals surface area contributed by atoms with Crippen LogP contribution < -0.4 is 5.73 Å². The van der Waals surface area contributed by atoms with Crippen LogP contribution in [0.25, 0.3) is 0 Å². The molecule has 0 aliphatic rings. The van der Waals surface area contributed by atoms with E-state index in [1.165, 1.54) is 36.8 Å². The van der Waals surface area contributed by atoms with Crippen molar-refractivity contribution >= 4 is 5.78 Å². The third-order valence-electron chi connectivity index (χ3n) is 3.33. The number of benzene rings is 1. The van der Waals surface area contributed by atoms with Gasteiger partial charge < -0.3 is 10.5 Å². The summed E-state index contributed by atoms with van der Waals surface area (Å²) >= 11 is 0. The van der Waals surface area contributed by atoms with Crippen LogP contribution in [0.5, 0.6) is 0 Å². The molecular weight excluding hydrogens is 270 g/mol. The van der Waals surface area contributed by atoms with Gasteiger partial charge in [-0.1, -0.05) is 64.3 Å². The van der Waals surface area contributed by atoms with E-state index in [4.69, 9.17) is 5.73 Å². The normalized spacial score (nSPS) is 9.18. The van der Waals surface area contributed by atoms with Crippen LogP contribution in [0, 0.1) is 6.92 Å². The zero-order valence-corrected chi connectivity index (χ0v) is 15.5. The number of carbonyl (C=O) groups is 1. The molecule has 0 aromatic heterocycles. The van der Waals surface area contributed by atoms with Gasteiger partial charge in [-0.2, -0.15) is 0 Å². The Balaban J connectivity index is 0. The Morgan fingerprint density at radius 1 is 1.00 bits per heavy atom. The molecule has 22 heavy (non-hydrogen) atoms. The summed E-state index contributed by atoms with van der Waals surface area (Å²) in [6.45, 7) is 11.1. The minimum absolute atomic E-state index is 0.318. The molecule has 1 aromatic carbocycles. The Morgan fingerprint density at radius 3 is 1.91 bits per heavy atom. The van der Waals surface area contributed by atoms with Crippen molar-refractivity contribution < 1.29 is 4.79 Å². The number of nitrogens with two attached hydrogens (primary N) is 1. The van der Waals surface area contributed by atoms with Gasteiger partial charge in [-0.3, -0.25) is 0 Å². The average Bonchev–Trinajstić information content (AvgIpc) is 2.50. The number of aryl methyl sites for hydroxylation is 2. The lowest BCUT2D eigenvalue weighted by molar-refractivity contribution is -0.117. The van der Waals surface area contributed by atoms with Gasteiger partial charge in [-0.05, 0) is 50.8 Å². The Hall–Kier alpha value is -1.15. The van der Waals surface area contributed by atoms with Crippen LogP contribution in [-0.4, -0.2) is 12.3 Å². The van der Waals surface area contributed by atoms with E-state index in [9.17, 15) is 4.79 Å². The van der Waals surface area contributed by atoms with E-state index in [0.717, 1.165) is 25.8 Å². The van der Waals surface area contributed by atoms with Gasteiger partial charge in [0.15, 0.2) is 0 Å². The van der Waals surface area contributed by atoms with E-state index in [2.05, 4.69) is 52.0 Å². The first-order valence-corrected chi connectivity index (χ1v) is 8.77. The smallest absolute Gasteiger partial charge is 0.129 e. The molecule has 0 radical (unpaired) electrons. The molecule has 0 saturated carbocycles. The fourth-order valence-corrected chi connectivity index (χ4v) is 1.83. The van der Waals surface area contributed by atoms with Gasteiger partial charge in [0.05, 0.1) is 0 Å². The van der Waals surface area contributed by atoms with Crippen molar-refractivity contribution in [1.82, 2.24) is 0 Å². The summed E-state index contributed by atoms with van der Waals surface area (Å²) in [6, 6.07) is 8.49. The molecule has 1 aromatic rings. The highest BCUT2D eigenvalue weighted by Gasteiger charge is 1.90. The fraction of sp³-hybridized carbons (Fsp3) is 0.650. The zero-order valence-electron chi connectivity index (χ0n) is 15.5. The van der Waals surface area contributed by atoms with E-state index in [0.29, 0.717) is 5.78 Å². The number of rotatable bonds is 7. The second-order valence-electron chi connectivity index (χ2n) is 5.58. The molecular formula is C20H37NO. The van der Waals surface area contributed by atoms with Crippen LogP contribution in [0.15, 0.2) is 24.3 Å². The molecule has 2 N–H and O–H groups in total. The fourth-order valence-electron chi connectivity index (χ4n) is 1.83. The van der Waals surface area contributed by atoms with E-state index < -0.39 is 0 Å². The molecule has 0 fully saturated rings. The van der Waals surface area contributed by atoms with Gasteiger partial charge in [-0.15, -0.1) is 0 Å². The number of Topliss-reactive ketones (excluding diaryl/α,β-unsaturated/α-hetero) is 1. The first-order valence-electron chi connectivity index (χ1n) is 8.77. The molecule has 0 spiro atoms. The average molecular weight is 308 g/mol. The Kier molecular flexibility index (Phi) is 18.8. The summed E-state index contributed by atoms with van der Waals surface area (Å²) in [5.74, 6) is 0.318. The molecule has 0 saturated heterocycles. The lowest BCUT2D eigenvalue weighted by atomic mass is 10.1. The van der Waals surface area contributed by atoms with Crippen LogP contribution in [0.2, 0.25) is 0 Å². The second-order valence-corrected chi connectivity index (χ2v) is 5.58. The highest BCUT2D eigenvalue weighted by molar-refractivity contribution is 5.75. The quantitative estimate of drug-likeness (QED) is 0.680. The van der Waals surface area contributed by atoms with E-state index in [1.807, 2.05) is 0 Å². The Morgan fingerprint density at radius 2 is 1.59 bits per heavy atom. The van der Waals surface area contributed by atoms with Crippen LogP contribution in [0.1, 0.15) is 77.3 Å². The molecule has 128 valence electrons. The van der Waals surface area contributed by atoms with Gasteiger partial charge in [-0.25, -0.2) is 0 Å². The number of ketones is 1. The standard InChI is InChI=1S/C9H12.C7H14O.C4H11N/c1-3-9-7-5-4-6-8(9)2;1-3-4-5-6-7(2)8;1-2-3-4-5/h4-7H,3H2,1-2H3;3-6H2,1-2H3;2-5H2,1H3. The molecule has 2 nitrogen and oxygen atoms in total. The largest absolute Gasteiger partial charge is 0.330 e. The van der Waals surface area contributed by atoms with Crippen LogP contribution in [0.3, 0.4) is 0 Å². The SMILES string of the molecule is CCCCCC(C)=O.CCCCN.CCc1ccccc1C. The molecule has 0 unspecified atom stereocenters. The highest BCUT2D eigenvalue weighted by Crippen LogP contribution is 2.06. The minimum Gasteiger partial charge on any atom is -0.330 e. The molecule has 1 rings (SSSR count). The molecule has 0 atom stereocenters. The molecule has 0 amide bonds. The van der Waals surface area contributed by atoms with Crippen LogP contribution in [-0.2, 0) is 11.2 Å². The minimum atomic E-state index is 0.318. The first-order chi connectivity index (χ1) is 10.5. The maximum absolute atomic E-state index is 10.3. The predicted molar refractivity (Wildman–Crippen MR) is 99.3 cm³/mol. The van der Waals surface area contributed by atoms with Gasteiger partial charge >= 0.3 is 0 Å². The third kappa shape index (κ3) is 16.9. The molecule has 2 heteroatoms. The van der Waals surface area contributed by atoms with Crippen molar-refractivity contribution in [1.29, 1.82) is 0 Å². The lowest BCUT2D eigenvalue weighted by Crippen LogP contribution is -1.95. The third-order valence-corrected chi connectivity index (χ3v) is 3.33. The van der Waals surface area contributed by atoms with Gasteiger partial charge in [0.1, 0.15) is 5.78 Å². The molecule has 0 heterocycles. The summed E-state index contributed by atoms with van der Waals surface area (Å²) in [6.07, 6.45) is 7.77. The molecule has 0 aliphatic heterocycles. The van der Waals surface area contributed by atoms with Crippen molar-refractivity contribution in [2.24, 2.45) is 5.73 Å². The first kappa shape index (κ1) is 23.1. The van der Waals surface area contributed by atoms with E-state index >= 15 is 0 Å². The van der Waals surface area contributed by atoms with Crippen molar-refractivity contribution in [2.75, 3.05) is 6.54 Å². The summed E-state index contributed by atoms with van der Waals surface area (Å²) in [5.41, 5.74) is 8.00. The van der Waals surface area contributed by atoms with Gasteiger partial charge in [0.2, 0.25) is 0 Å². The number of hydrogen-bond donors (Lipinski definition) is 1. The molecule has 0 bridgehead atoms. The highest BCUT2D eigenvalue weighted by atomic mass is 16.1. The van der Waals surface area contributed by atoms with Gasteiger partial charge in [0, 0.05) is 6.42 Å². The monoisotopic (exact) mass is 307 g/mol. The summed E-state index contributed by atoms with van der Waals surface area (Å²) in [4.78, 5) is 10.3. The Bertz CT molecular complexity index is 358. The van der Waals surface area contributed by atoms with E-state index in [-0.39, 0.29) is 0 Å². The topological polar surface area (TPSA) is 43.1 Å². The van der Waals surface area contributed by atoms with Crippen LogP contribution in [0.4, 0.5) is 0 Å². The van der Waals surface area contributed by atoms with Crippen molar-refractivity contribution in [3.8, 4) is 0 Å². The van der Waals surface area contributed by atoms with Gasteiger partial charge in [0.25, 0.3) is 0 Å². The van der Waals surface area contributed by atoms with Crippen molar-refractivity contribution in [3.63, 3.8) is 0 Å². The predicted octanol–water partition coefficient (Wildman–Crippen LogP) is 5.46. The number of hydrogen-bond acceptors (Lipinski definition) is 2. The van der Waals surface area contributed by atoms with Crippen molar-refractivity contribution in [2.45, 2.75) is 79.6 Å². The van der Waals surface area contributed by atoms with Crippen LogP contribution >= 0.6 is 0 Å². The van der Waals surface area contributed by atoms with E-state index in [1.54, 1.807) is 6.92 Å².